The van der Waals surface area contributed by atoms with Gasteiger partial charge in [-0.2, -0.15) is 0 Å². The molecule has 0 amide bonds. The zero-order valence-corrected chi connectivity index (χ0v) is 14.6. The molecule has 23 heavy (non-hydrogen) atoms. The lowest BCUT2D eigenvalue weighted by atomic mass is 9.89. The van der Waals surface area contributed by atoms with E-state index in [0.717, 1.165) is 23.5 Å². The molecule has 3 heteroatoms. The van der Waals surface area contributed by atoms with Gasteiger partial charge < -0.3 is 15.2 Å². The first kappa shape index (κ1) is 17.4. The van der Waals surface area contributed by atoms with Crippen LogP contribution in [0.15, 0.2) is 36.4 Å². The third kappa shape index (κ3) is 4.26. The van der Waals surface area contributed by atoms with Crippen molar-refractivity contribution in [3.05, 3.63) is 58.7 Å². The highest BCUT2D eigenvalue weighted by Crippen LogP contribution is 2.34. The van der Waals surface area contributed by atoms with Gasteiger partial charge in [-0.1, -0.05) is 41.5 Å². The van der Waals surface area contributed by atoms with Crippen molar-refractivity contribution < 1.29 is 9.47 Å². The summed E-state index contributed by atoms with van der Waals surface area (Å²) in [7, 11) is 1.67. The number of nitrogens with two attached hydrogens (primary N) is 1. The quantitative estimate of drug-likeness (QED) is 0.840. The molecule has 124 valence electrons. The zero-order chi connectivity index (χ0) is 16.8. The van der Waals surface area contributed by atoms with Crippen LogP contribution in [0.25, 0.3) is 0 Å². The molecule has 2 N–H and O–H groups in total. The van der Waals surface area contributed by atoms with Crippen molar-refractivity contribution in [3.63, 3.8) is 0 Å². The average molecular weight is 313 g/mol. The van der Waals surface area contributed by atoms with Crippen LogP contribution in [0.1, 0.15) is 35.1 Å². The molecule has 0 aliphatic heterocycles. The smallest absolute Gasteiger partial charge is 0.164 e. The number of benzene rings is 2. The molecule has 2 rings (SSSR count). The van der Waals surface area contributed by atoms with E-state index in [1.165, 1.54) is 16.7 Å². The van der Waals surface area contributed by atoms with E-state index in [-0.39, 0.29) is 5.92 Å². The Labute approximate surface area is 139 Å². The van der Waals surface area contributed by atoms with E-state index in [0.29, 0.717) is 13.2 Å². The van der Waals surface area contributed by atoms with Crippen LogP contribution in [0.2, 0.25) is 0 Å². The van der Waals surface area contributed by atoms with Crippen molar-refractivity contribution in [2.75, 3.05) is 20.3 Å². The van der Waals surface area contributed by atoms with Crippen LogP contribution in [0.3, 0.4) is 0 Å². The Morgan fingerprint density at radius 3 is 2.35 bits per heavy atom. The lowest BCUT2D eigenvalue weighted by Crippen LogP contribution is -2.16. The molecule has 3 nitrogen and oxygen atoms in total. The van der Waals surface area contributed by atoms with E-state index >= 15 is 0 Å². The van der Waals surface area contributed by atoms with Gasteiger partial charge in [0.05, 0.1) is 13.7 Å². The van der Waals surface area contributed by atoms with Gasteiger partial charge in [0.15, 0.2) is 11.5 Å². The Hall–Kier alpha value is -2.00. The Balaban J connectivity index is 2.35. The summed E-state index contributed by atoms with van der Waals surface area (Å²) in [6, 6.07) is 12.7. The molecule has 0 spiro atoms. The third-order valence-corrected chi connectivity index (χ3v) is 4.04. The minimum Gasteiger partial charge on any atom is -0.493 e. The zero-order valence-electron chi connectivity index (χ0n) is 14.6. The van der Waals surface area contributed by atoms with Gasteiger partial charge in [-0.25, -0.2) is 0 Å². The first-order valence-corrected chi connectivity index (χ1v) is 8.16. The van der Waals surface area contributed by atoms with E-state index in [4.69, 9.17) is 15.2 Å². The molecule has 2 aromatic carbocycles. The highest BCUT2D eigenvalue weighted by molar-refractivity contribution is 5.47. The summed E-state index contributed by atoms with van der Waals surface area (Å²) >= 11 is 0. The number of para-hydroxylation sites is 1. The van der Waals surface area contributed by atoms with E-state index in [2.05, 4.69) is 38.1 Å². The van der Waals surface area contributed by atoms with Crippen LogP contribution in [0.5, 0.6) is 11.5 Å². The number of hydrogen-bond donors (Lipinski definition) is 1. The Bertz CT molecular complexity index is 632. The molecule has 0 heterocycles. The Morgan fingerprint density at radius 1 is 1.09 bits per heavy atom. The monoisotopic (exact) mass is 313 g/mol. The van der Waals surface area contributed by atoms with Crippen LogP contribution in [0.4, 0.5) is 0 Å². The third-order valence-electron chi connectivity index (χ3n) is 4.04. The SMILES string of the molecule is CCOc1c(CC(CN)c2cc(C)cc(C)c2)cccc1OC. The maximum absolute atomic E-state index is 6.08. The molecule has 0 saturated carbocycles. The normalized spacial score (nSPS) is 12.0. The molecule has 1 unspecified atom stereocenters. The van der Waals surface area contributed by atoms with Crippen molar-refractivity contribution in [1.29, 1.82) is 0 Å². The molecule has 0 aliphatic carbocycles. The van der Waals surface area contributed by atoms with Crippen molar-refractivity contribution >= 4 is 0 Å². The Morgan fingerprint density at radius 2 is 1.78 bits per heavy atom. The van der Waals surface area contributed by atoms with Gasteiger partial charge in [-0.15, -0.1) is 0 Å². The Kier molecular flexibility index (Phi) is 6.05. The highest BCUT2D eigenvalue weighted by atomic mass is 16.5. The first-order chi connectivity index (χ1) is 11.1. The lowest BCUT2D eigenvalue weighted by Gasteiger charge is -2.20. The van der Waals surface area contributed by atoms with E-state index in [1.807, 2.05) is 19.1 Å². The summed E-state index contributed by atoms with van der Waals surface area (Å²) in [5, 5.41) is 0. The second-order valence-electron chi connectivity index (χ2n) is 5.94. The summed E-state index contributed by atoms with van der Waals surface area (Å²) in [6.07, 6.45) is 0.839. The molecule has 0 aromatic heterocycles. The van der Waals surface area contributed by atoms with Crippen molar-refractivity contribution in [2.24, 2.45) is 5.73 Å². The van der Waals surface area contributed by atoms with Gasteiger partial charge >= 0.3 is 0 Å². The van der Waals surface area contributed by atoms with Gasteiger partial charge in [0.2, 0.25) is 0 Å². The molecule has 1 atom stereocenters. The van der Waals surface area contributed by atoms with Crippen LogP contribution < -0.4 is 15.2 Å². The second-order valence-corrected chi connectivity index (χ2v) is 5.94. The van der Waals surface area contributed by atoms with Crippen LogP contribution in [-0.2, 0) is 6.42 Å². The van der Waals surface area contributed by atoms with Gasteiger partial charge in [-0.05, 0) is 50.9 Å². The summed E-state index contributed by atoms with van der Waals surface area (Å²) in [6.45, 7) is 7.46. The topological polar surface area (TPSA) is 44.5 Å². The minimum atomic E-state index is 0.264. The van der Waals surface area contributed by atoms with E-state index < -0.39 is 0 Å². The molecular weight excluding hydrogens is 286 g/mol. The highest BCUT2D eigenvalue weighted by Gasteiger charge is 2.17. The average Bonchev–Trinajstić information content (AvgIpc) is 2.53. The summed E-state index contributed by atoms with van der Waals surface area (Å²) in [5.74, 6) is 1.88. The predicted octanol–water partition coefficient (Wildman–Crippen LogP) is 4.00. The number of methoxy groups -OCH3 is 1. The molecule has 0 saturated heterocycles. The van der Waals surface area contributed by atoms with Crippen LogP contribution >= 0.6 is 0 Å². The van der Waals surface area contributed by atoms with Crippen molar-refractivity contribution in [3.8, 4) is 11.5 Å². The van der Waals surface area contributed by atoms with Crippen LogP contribution in [-0.4, -0.2) is 20.3 Å². The maximum Gasteiger partial charge on any atom is 0.164 e. The standard InChI is InChI=1S/C20H27NO2/c1-5-23-20-16(7-6-8-19(20)22-4)12-18(13-21)17-10-14(2)9-15(3)11-17/h6-11,18H,5,12-13,21H2,1-4H3. The predicted molar refractivity (Wildman–Crippen MR) is 95.6 cm³/mol. The summed E-state index contributed by atoms with van der Waals surface area (Å²) in [5.41, 5.74) is 11.0. The fraction of sp³-hybridized carbons (Fsp3) is 0.400. The molecule has 2 aromatic rings. The number of ether oxygens (including phenoxy) is 2. The lowest BCUT2D eigenvalue weighted by molar-refractivity contribution is 0.307. The van der Waals surface area contributed by atoms with Gasteiger partial charge in [0.1, 0.15) is 0 Å². The molecular formula is C20H27NO2. The minimum absolute atomic E-state index is 0.264. The van der Waals surface area contributed by atoms with Gasteiger partial charge in [0.25, 0.3) is 0 Å². The molecule has 0 radical (unpaired) electrons. The largest absolute Gasteiger partial charge is 0.493 e. The summed E-state index contributed by atoms with van der Waals surface area (Å²) in [4.78, 5) is 0. The maximum atomic E-state index is 6.08. The van der Waals surface area contributed by atoms with Crippen molar-refractivity contribution in [1.82, 2.24) is 0 Å². The van der Waals surface area contributed by atoms with E-state index in [9.17, 15) is 0 Å². The molecule has 0 aliphatic rings. The number of aryl methyl sites for hydroxylation is 2. The number of hydrogen-bond acceptors (Lipinski definition) is 3. The fourth-order valence-corrected chi connectivity index (χ4v) is 3.04. The van der Waals surface area contributed by atoms with E-state index in [1.54, 1.807) is 7.11 Å². The fourth-order valence-electron chi connectivity index (χ4n) is 3.04. The molecule has 0 bridgehead atoms. The van der Waals surface area contributed by atoms with Crippen molar-refractivity contribution in [2.45, 2.75) is 33.1 Å². The first-order valence-electron chi connectivity index (χ1n) is 8.16. The van der Waals surface area contributed by atoms with Crippen LogP contribution in [0, 0.1) is 13.8 Å². The summed E-state index contributed by atoms with van der Waals surface area (Å²) < 4.78 is 11.3. The van der Waals surface area contributed by atoms with Gasteiger partial charge in [-0.3, -0.25) is 0 Å². The molecule has 0 fully saturated rings. The second kappa shape index (κ2) is 8.02. The number of rotatable bonds is 7. The van der Waals surface area contributed by atoms with Gasteiger partial charge in [0, 0.05) is 5.92 Å².